The average Bonchev–Trinajstić information content (AvgIpc) is 3.67. The van der Waals surface area contributed by atoms with E-state index in [1.165, 1.54) is 13.0 Å². The quantitative estimate of drug-likeness (QED) is 0.129. The molecule has 70 heavy (non-hydrogen) atoms. The number of furan rings is 1. The van der Waals surface area contributed by atoms with Gasteiger partial charge in [0.2, 0.25) is 5.91 Å². The van der Waals surface area contributed by atoms with Gasteiger partial charge in [-0.25, -0.2) is 14.4 Å². The minimum Gasteiger partial charge on any atom is -0.497 e. The normalized spacial score (nSPS) is 20.2. The van der Waals surface area contributed by atoms with Crippen molar-refractivity contribution in [3.63, 3.8) is 0 Å². The molecule has 3 amide bonds. The van der Waals surface area contributed by atoms with Crippen LogP contribution in [0.2, 0.25) is 0 Å². The number of carboxylic acid groups (broad SMARTS) is 3. The number of quaternary nitrogens is 1. The fourth-order valence-electron chi connectivity index (χ4n) is 11.4. The Morgan fingerprint density at radius 2 is 1.47 bits per heavy atom. The highest BCUT2D eigenvalue weighted by Gasteiger charge is 2.60. The number of allylic oxidation sites excluding steroid dienone is 8. The summed E-state index contributed by atoms with van der Waals surface area (Å²) in [4.78, 5) is 76.7. The first kappa shape index (κ1) is 47.5. The number of hydrogen-bond donors (Lipinski definition) is 4. The van der Waals surface area contributed by atoms with Crippen LogP contribution in [0.1, 0.15) is 56.0 Å². The second kappa shape index (κ2) is 17.1. The maximum Gasteiger partial charge on any atom is 0.408 e. The number of nitrogens with zero attached hydrogens (tertiary/aromatic N) is 3. The number of nitrogens with one attached hydrogen (secondary N) is 2. The van der Waals surface area contributed by atoms with E-state index >= 15 is 4.79 Å². The molecule has 3 atom stereocenters. The van der Waals surface area contributed by atoms with Crippen molar-refractivity contribution in [3.8, 4) is 0 Å². The number of aliphatic carboxylic acids is 2. The SMILES string of the molecule is C=C1CC2=CC=C1C(C(=O)O)=C1C(C[C@](C)(NC(=O)OCc3cc4ccccc4o3)C(=O)NC(C)c3ccccc3)=c3c(c4c(c5c3=C(C(=O)O)C3=CC=C5CC3=C)N3CCN4CC3)[N@@+]21C(=O)[O-].Cl.Cl. The largest absolute Gasteiger partial charge is 0.497 e. The summed E-state index contributed by atoms with van der Waals surface area (Å²) in [5, 5.41) is 44.6. The van der Waals surface area contributed by atoms with E-state index in [-0.39, 0.29) is 82.1 Å². The first-order chi connectivity index (χ1) is 32.6. The zero-order valence-electron chi connectivity index (χ0n) is 38.0. The van der Waals surface area contributed by atoms with Gasteiger partial charge in [0.1, 0.15) is 33.8 Å². The molecule has 1 fully saturated rings. The third-order valence-corrected chi connectivity index (χ3v) is 14.4. The molecule has 358 valence electrons. The standard InChI is InChI=1S/C53H45N5O10.2ClH/c1-27-22-32-14-16-35(27)41(48(59)60)43-39(32)44-45(57-20-18-56(44)19-21-57)47-40(43)37(46-42(49(61)62)36-17-15-33(23-28(36)2)58(46,47)52(65)66)25-53(4,50(63)54-29(3)30-10-6-5-7-11-30)55-51(64)67-26-34-24-31-12-8-9-13-38(31)68-34;;/h5-17,24,29H,1-2,18-23,25-26H2,3-4H3,(H4-,54,55,59,60,61,62,63,64,65,66);2*1H/t29?,53-,58+;;/m0../s1. The number of carbonyl (C=O) groups excluding carboxylic acids is 3. The van der Waals surface area contributed by atoms with Gasteiger partial charge in [0.05, 0.1) is 22.5 Å². The highest BCUT2D eigenvalue weighted by atomic mass is 35.5. The third-order valence-electron chi connectivity index (χ3n) is 14.4. The van der Waals surface area contributed by atoms with Crippen LogP contribution in [0.15, 0.2) is 142 Å². The first-order valence-electron chi connectivity index (χ1n) is 22.4. The highest BCUT2D eigenvalue weighted by Crippen LogP contribution is 2.58. The number of hydrogen-bond acceptors (Lipinski definition) is 10. The maximum atomic E-state index is 15.3. The highest BCUT2D eigenvalue weighted by molar-refractivity contribution is 6.21. The second-order valence-corrected chi connectivity index (χ2v) is 18.4. The fraction of sp³-hybridized carbons (Fsp3) is 0.226. The van der Waals surface area contributed by atoms with Crippen molar-refractivity contribution in [2.24, 2.45) is 0 Å². The van der Waals surface area contributed by atoms with Crippen molar-refractivity contribution < 1.29 is 48.4 Å². The van der Waals surface area contributed by atoms with Crippen LogP contribution in [-0.2, 0) is 25.7 Å². The molecule has 7 heterocycles. The number of fused-ring (bicyclic) bond motifs is 8. The van der Waals surface area contributed by atoms with E-state index in [9.17, 15) is 34.5 Å². The lowest BCUT2D eigenvalue weighted by Crippen LogP contribution is -2.61. The van der Waals surface area contributed by atoms with Gasteiger partial charge in [0.25, 0.3) is 6.09 Å². The molecule has 1 saturated heterocycles. The lowest BCUT2D eigenvalue weighted by molar-refractivity contribution is -0.259. The zero-order chi connectivity index (χ0) is 47.6. The van der Waals surface area contributed by atoms with E-state index < -0.39 is 58.1 Å². The summed E-state index contributed by atoms with van der Waals surface area (Å²) in [6, 6.07) is 17.5. The Morgan fingerprint density at radius 3 is 2.11 bits per heavy atom. The van der Waals surface area contributed by atoms with Gasteiger partial charge >= 0.3 is 18.0 Å². The Bertz CT molecular complexity index is 3360. The van der Waals surface area contributed by atoms with Crippen molar-refractivity contribution in [1.29, 1.82) is 0 Å². The van der Waals surface area contributed by atoms with Crippen LogP contribution in [0.25, 0.3) is 27.7 Å². The number of piperazine rings is 1. The lowest BCUT2D eigenvalue weighted by Gasteiger charge is -2.48. The molecule has 0 spiro atoms. The zero-order valence-corrected chi connectivity index (χ0v) is 39.7. The predicted octanol–water partition coefficient (Wildman–Crippen LogP) is 6.33. The van der Waals surface area contributed by atoms with Gasteiger partial charge < -0.3 is 49.7 Å². The summed E-state index contributed by atoms with van der Waals surface area (Å²) in [5.41, 5.74) is 2.57. The van der Waals surface area contributed by atoms with E-state index in [0.717, 1.165) is 16.5 Å². The maximum absolute atomic E-state index is 15.3. The third kappa shape index (κ3) is 6.85. The van der Waals surface area contributed by atoms with Crippen molar-refractivity contribution in [3.05, 3.63) is 165 Å². The molecule has 6 bridgehead atoms. The smallest absolute Gasteiger partial charge is 0.408 e. The molecular weight excluding hydrogens is 938 g/mol. The molecule has 0 radical (unpaired) electrons. The average molecular weight is 985 g/mol. The van der Waals surface area contributed by atoms with Crippen LogP contribution in [0.3, 0.4) is 0 Å². The number of alkyl carbamates (subject to hydrolysis) is 1. The number of carbonyl (C=O) groups is 5. The van der Waals surface area contributed by atoms with Gasteiger partial charge in [-0.15, -0.1) is 24.8 Å². The van der Waals surface area contributed by atoms with E-state index in [2.05, 4.69) is 33.6 Å². The van der Waals surface area contributed by atoms with Crippen molar-refractivity contribution in [1.82, 2.24) is 15.1 Å². The van der Waals surface area contributed by atoms with Crippen LogP contribution in [0, 0.1) is 0 Å². The van der Waals surface area contributed by atoms with E-state index in [4.69, 9.17) is 9.15 Å². The summed E-state index contributed by atoms with van der Waals surface area (Å²) < 4.78 is 10.4. The van der Waals surface area contributed by atoms with Gasteiger partial charge in [-0.3, -0.25) is 4.79 Å². The van der Waals surface area contributed by atoms with Crippen LogP contribution in [0.4, 0.5) is 26.7 Å². The summed E-state index contributed by atoms with van der Waals surface area (Å²) in [7, 11) is 0. The van der Waals surface area contributed by atoms with Gasteiger partial charge in [-0.2, -0.15) is 4.48 Å². The van der Waals surface area contributed by atoms with Crippen LogP contribution in [0.5, 0.6) is 0 Å². The summed E-state index contributed by atoms with van der Waals surface area (Å²) in [6.45, 7) is 13.5. The summed E-state index contributed by atoms with van der Waals surface area (Å²) in [5.74, 6) is -3.19. The molecule has 4 N–H and O–H groups in total. The number of amides is 3. The molecule has 17 heteroatoms. The fourth-order valence-corrected chi connectivity index (χ4v) is 11.4. The number of para-hydroxylation sites is 1. The Morgan fingerprint density at radius 1 is 0.843 bits per heavy atom. The predicted molar refractivity (Wildman–Crippen MR) is 266 cm³/mol. The number of ether oxygens (including phenoxy) is 1. The second-order valence-electron chi connectivity index (χ2n) is 18.4. The molecule has 4 aromatic rings. The number of rotatable bonds is 10. The minimum absolute atomic E-state index is 0. The topological polar surface area (TPSA) is 202 Å². The van der Waals surface area contributed by atoms with Gasteiger partial charge in [-0.1, -0.05) is 73.8 Å². The van der Waals surface area contributed by atoms with Gasteiger partial charge in [-0.05, 0) is 78.0 Å². The molecule has 4 aliphatic carbocycles. The molecule has 14 rings (SSSR count). The Kier molecular flexibility index (Phi) is 11.6. The summed E-state index contributed by atoms with van der Waals surface area (Å²) in [6.07, 6.45) is 3.64. The summed E-state index contributed by atoms with van der Waals surface area (Å²) >= 11 is 0. The molecular formula is C53H47Cl2N5O10. The van der Waals surface area contributed by atoms with Crippen LogP contribution < -0.4 is 40.5 Å². The molecule has 1 unspecified atom stereocenters. The molecule has 1 aromatic heterocycles. The monoisotopic (exact) mass is 983 g/mol. The molecule has 15 nitrogen and oxygen atoms in total. The Balaban J connectivity index is 0.00000304. The minimum atomic E-state index is -2.06. The molecule has 10 aliphatic rings. The number of anilines is 2. The Labute approximate surface area is 413 Å². The lowest BCUT2D eigenvalue weighted by atomic mass is 9.84. The van der Waals surface area contributed by atoms with Gasteiger partial charge in [0.15, 0.2) is 18.0 Å². The van der Waals surface area contributed by atoms with E-state index in [0.29, 0.717) is 77.6 Å². The number of halogens is 2. The molecule has 6 aliphatic heterocycles. The number of carboxylic acids is 2. The molecule has 0 saturated carbocycles. The number of benzene rings is 3. The van der Waals surface area contributed by atoms with Crippen molar-refractivity contribution >= 4 is 99.6 Å². The van der Waals surface area contributed by atoms with Crippen LogP contribution in [-0.4, -0.2) is 72.0 Å². The Hall–Kier alpha value is -7.59. The van der Waals surface area contributed by atoms with E-state index in [1.807, 2.05) is 54.6 Å². The van der Waals surface area contributed by atoms with Crippen molar-refractivity contribution in [2.75, 3.05) is 36.0 Å². The molecule has 3 aromatic carbocycles. The van der Waals surface area contributed by atoms with Crippen molar-refractivity contribution in [2.45, 2.75) is 51.3 Å². The van der Waals surface area contributed by atoms with E-state index in [1.54, 1.807) is 31.2 Å². The van der Waals surface area contributed by atoms with Gasteiger partial charge in [0, 0.05) is 60.8 Å². The first-order valence-corrected chi connectivity index (χ1v) is 22.4. The van der Waals surface area contributed by atoms with Crippen LogP contribution >= 0.6 is 24.8 Å².